The molecule has 0 aliphatic rings. The van der Waals surface area contributed by atoms with Gasteiger partial charge in [-0.2, -0.15) is 0 Å². The molecule has 0 bridgehead atoms. The molecule has 1 atom stereocenters. The van der Waals surface area contributed by atoms with E-state index in [1.807, 2.05) is 27.0 Å². The molecule has 3 heteroatoms. The van der Waals surface area contributed by atoms with Crippen molar-refractivity contribution in [2.45, 2.75) is 26.8 Å². The Hall–Kier alpha value is -1.35. The summed E-state index contributed by atoms with van der Waals surface area (Å²) in [5, 5.41) is 3.32. The van der Waals surface area contributed by atoms with Crippen LogP contribution in [0.1, 0.15) is 32.4 Å². The Morgan fingerprint density at radius 2 is 2.17 bits per heavy atom. The summed E-state index contributed by atoms with van der Waals surface area (Å²) in [5.74, 6) is -0.192. The summed E-state index contributed by atoms with van der Waals surface area (Å²) in [7, 11) is 2.00. The van der Waals surface area contributed by atoms with Gasteiger partial charge in [-0.25, -0.2) is 4.39 Å². The molecule has 0 fully saturated rings. The molecule has 0 aliphatic carbocycles. The van der Waals surface area contributed by atoms with E-state index in [1.165, 1.54) is 6.07 Å². The predicted octanol–water partition coefficient (Wildman–Crippen LogP) is 3.51. The van der Waals surface area contributed by atoms with Crippen LogP contribution in [-0.2, 0) is 0 Å². The molecule has 0 saturated carbocycles. The van der Waals surface area contributed by atoms with Gasteiger partial charge in [-0.1, -0.05) is 19.1 Å². The fourth-order valence-electron chi connectivity index (χ4n) is 2.13. The molecule has 1 N–H and O–H groups in total. The van der Waals surface area contributed by atoms with Crippen molar-refractivity contribution in [1.82, 2.24) is 5.32 Å². The topological polar surface area (TPSA) is 15.3 Å². The number of halogens is 1. The Labute approximate surface area is 110 Å². The quantitative estimate of drug-likeness (QED) is 0.777. The number of nitrogens with one attached hydrogen (secondary N) is 1. The van der Waals surface area contributed by atoms with E-state index in [0.717, 1.165) is 29.9 Å². The van der Waals surface area contributed by atoms with Crippen LogP contribution in [0.2, 0.25) is 0 Å². The summed E-state index contributed by atoms with van der Waals surface area (Å²) < 4.78 is 13.4. The molecular formula is C15H23FN2. The minimum absolute atomic E-state index is 0.133. The molecule has 0 aliphatic heterocycles. The third kappa shape index (κ3) is 3.84. The number of anilines is 1. The molecule has 0 radical (unpaired) electrons. The maximum absolute atomic E-state index is 13.4. The molecule has 0 saturated heterocycles. The second-order valence-corrected chi connectivity index (χ2v) is 4.80. The zero-order valence-electron chi connectivity index (χ0n) is 11.8. The summed E-state index contributed by atoms with van der Waals surface area (Å²) in [6.07, 6.45) is 0. The molecule has 0 heterocycles. The van der Waals surface area contributed by atoms with E-state index in [-0.39, 0.29) is 11.9 Å². The average molecular weight is 250 g/mol. The van der Waals surface area contributed by atoms with Gasteiger partial charge in [-0.3, -0.25) is 0 Å². The van der Waals surface area contributed by atoms with E-state index in [1.54, 1.807) is 6.07 Å². The second kappa shape index (κ2) is 6.55. The minimum atomic E-state index is -0.192. The van der Waals surface area contributed by atoms with Gasteiger partial charge in [0.05, 0.1) is 0 Å². The SMILES string of the molecule is C=C(C)CN(C)c1ccc(F)cc1C(C)NCC. The van der Waals surface area contributed by atoms with Gasteiger partial charge in [0.2, 0.25) is 0 Å². The molecule has 18 heavy (non-hydrogen) atoms. The predicted molar refractivity (Wildman–Crippen MR) is 76.6 cm³/mol. The summed E-state index contributed by atoms with van der Waals surface area (Å²) in [6.45, 7) is 11.6. The van der Waals surface area contributed by atoms with Gasteiger partial charge in [0.25, 0.3) is 0 Å². The zero-order chi connectivity index (χ0) is 13.7. The summed E-state index contributed by atoms with van der Waals surface area (Å²) in [5.41, 5.74) is 3.12. The molecule has 1 unspecified atom stereocenters. The second-order valence-electron chi connectivity index (χ2n) is 4.80. The molecule has 1 aromatic rings. The van der Waals surface area contributed by atoms with Crippen molar-refractivity contribution in [2.75, 3.05) is 25.0 Å². The largest absolute Gasteiger partial charge is 0.370 e. The van der Waals surface area contributed by atoms with Crippen LogP contribution in [0, 0.1) is 5.82 Å². The van der Waals surface area contributed by atoms with Crippen LogP contribution in [0.15, 0.2) is 30.4 Å². The average Bonchev–Trinajstić information content (AvgIpc) is 2.28. The maximum atomic E-state index is 13.4. The van der Waals surface area contributed by atoms with Crippen LogP contribution in [0.5, 0.6) is 0 Å². The highest BCUT2D eigenvalue weighted by Crippen LogP contribution is 2.27. The highest BCUT2D eigenvalue weighted by Gasteiger charge is 2.13. The lowest BCUT2D eigenvalue weighted by Crippen LogP contribution is -2.24. The molecule has 1 rings (SSSR count). The van der Waals surface area contributed by atoms with Crippen LogP contribution in [0.25, 0.3) is 0 Å². The van der Waals surface area contributed by atoms with Crippen LogP contribution in [-0.4, -0.2) is 20.1 Å². The number of likely N-dealkylation sites (N-methyl/N-ethyl adjacent to an activating group) is 1. The molecule has 2 nitrogen and oxygen atoms in total. The normalized spacial score (nSPS) is 12.3. The first kappa shape index (κ1) is 14.7. The van der Waals surface area contributed by atoms with Crippen LogP contribution in [0.3, 0.4) is 0 Å². The number of rotatable bonds is 6. The minimum Gasteiger partial charge on any atom is -0.370 e. The number of nitrogens with zero attached hydrogens (tertiary/aromatic N) is 1. The number of hydrogen-bond acceptors (Lipinski definition) is 2. The van der Waals surface area contributed by atoms with E-state index >= 15 is 0 Å². The Morgan fingerprint density at radius 3 is 2.72 bits per heavy atom. The van der Waals surface area contributed by atoms with Crippen molar-refractivity contribution in [2.24, 2.45) is 0 Å². The highest BCUT2D eigenvalue weighted by molar-refractivity contribution is 5.55. The van der Waals surface area contributed by atoms with Gasteiger partial charge in [0, 0.05) is 25.3 Å². The highest BCUT2D eigenvalue weighted by atomic mass is 19.1. The van der Waals surface area contributed by atoms with E-state index < -0.39 is 0 Å². The Balaban J connectivity index is 3.06. The smallest absolute Gasteiger partial charge is 0.123 e. The summed E-state index contributed by atoms with van der Waals surface area (Å²) in [4.78, 5) is 2.10. The van der Waals surface area contributed by atoms with Crippen LogP contribution < -0.4 is 10.2 Å². The first-order valence-corrected chi connectivity index (χ1v) is 6.34. The van der Waals surface area contributed by atoms with Gasteiger partial charge < -0.3 is 10.2 Å². The van der Waals surface area contributed by atoms with Gasteiger partial charge in [-0.15, -0.1) is 0 Å². The molecule has 1 aromatic carbocycles. The van der Waals surface area contributed by atoms with Crippen molar-refractivity contribution in [3.05, 3.63) is 41.7 Å². The fourth-order valence-corrected chi connectivity index (χ4v) is 2.13. The summed E-state index contributed by atoms with van der Waals surface area (Å²) in [6, 6.07) is 5.08. The molecule has 0 amide bonds. The monoisotopic (exact) mass is 250 g/mol. The van der Waals surface area contributed by atoms with Crippen molar-refractivity contribution in [3.8, 4) is 0 Å². The van der Waals surface area contributed by atoms with Crippen molar-refractivity contribution >= 4 is 5.69 Å². The van der Waals surface area contributed by atoms with Crippen molar-refractivity contribution in [3.63, 3.8) is 0 Å². The summed E-state index contributed by atoms with van der Waals surface area (Å²) >= 11 is 0. The number of hydrogen-bond donors (Lipinski definition) is 1. The van der Waals surface area contributed by atoms with E-state index in [9.17, 15) is 4.39 Å². The standard InChI is InChI=1S/C15H23FN2/c1-6-17-12(4)14-9-13(16)7-8-15(14)18(5)10-11(2)3/h7-9,12,17H,2,6,10H2,1,3-5H3. The Kier molecular flexibility index (Phi) is 5.35. The first-order valence-electron chi connectivity index (χ1n) is 6.34. The first-order chi connectivity index (χ1) is 8.45. The molecular weight excluding hydrogens is 227 g/mol. The van der Waals surface area contributed by atoms with Crippen molar-refractivity contribution < 1.29 is 4.39 Å². The van der Waals surface area contributed by atoms with Crippen LogP contribution >= 0.6 is 0 Å². The molecule has 100 valence electrons. The zero-order valence-corrected chi connectivity index (χ0v) is 11.8. The van der Waals surface area contributed by atoms with Gasteiger partial charge in [0.1, 0.15) is 5.82 Å². The van der Waals surface area contributed by atoms with Crippen LogP contribution in [0.4, 0.5) is 10.1 Å². The fraction of sp³-hybridized carbons (Fsp3) is 0.467. The molecule has 0 aromatic heterocycles. The van der Waals surface area contributed by atoms with Gasteiger partial charge in [0.15, 0.2) is 0 Å². The van der Waals surface area contributed by atoms with E-state index in [4.69, 9.17) is 0 Å². The lowest BCUT2D eigenvalue weighted by atomic mass is 10.0. The Bertz CT molecular complexity index is 415. The third-order valence-corrected chi connectivity index (χ3v) is 2.88. The lowest BCUT2D eigenvalue weighted by Gasteiger charge is -2.25. The lowest BCUT2D eigenvalue weighted by molar-refractivity contribution is 0.582. The van der Waals surface area contributed by atoms with Gasteiger partial charge >= 0.3 is 0 Å². The third-order valence-electron chi connectivity index (χ3n) is 2.88. The van der Waals surface area contributed by atoms with E-state index in [0.29, 0.717) is 0 Å². The Morgan fingerprint density at radius 1 is 1.50 bits per heavy atom. The van der Waals surface area contributed by atoms with Crippen molar-refractivity contribution in [1.29, 1.82) is 0 Å². The molecule has 0 spiro atoms. The van der Waals surface area contributed by atoms with E-state index in [2.05, 4.69) is 23.7 Å². The number of benzene rings is 1. The maximum Gasteiger partial charge on any atom is 0.123 e. The van der Waals surface area contributed by atoms with Gasteiger partial charge in [-0.05, 0) is 44.2 Å².